The van der Waals surface area contributed by atoms with Gasteiger partial charge in [0.15, 0.2) is 5.75 Å². The number of hydrogen-bond donors (Lipinski definition) is 1. The van der Waals surface area contributed by atoms with E-state index < -0.39 is 10.5 Å². The minimum Gasteiger partial charge on any atom is -0.490 e. The molecule has 0 atom stereocenters. The van der Waals surface area contributed by atoms with Crippen molar-refractivity contribution in [1.82, 2.24) is 0 Å². The van der Waals surface area contributed by atoms with Crippen molar-refractivity contribution in [2.75, 3.05) is 6.61 Å². The summed E-state index contributed by atoms with van der Waals surface area (Å²) in [6.45, 7) is 3.51. The highest BCUT2D eigenvalue weighted by atomic mass is 35.5. The first-order valence-electron chi connectivity index (χ1n) is 5.19. The van der Waals surface area contributed by atoms with Crippen LogP contribution in [-0.4, -0.2) is 22.2 Å². The van der Waals surface area contributed by atoms with E-state index in [9.17, 15) is 15.2 Å². The van der Waals surface area contributed by atoms with E-state index in [4.69, 9.17) is 27.9 Å². The highest BCUT2D eigenvalue weighted by Gasteiger charge is 2.17. The van der Waals surface area contributed by atoms with Crippen molar-refractivity contribution in [3.05, 3.63) is 32.3 Å². The fraction of sp³-hybridized carbons (Fsp3) is 0.455. The Labute approximate surface area is 114 Å². The number of rotatable bonds is 5. The number of ether oxygens (including phenoxy) is 1. The molecule has 0 aromatic heterocycles. The molecule has 7 heteroatoms. The molecule has 0 aliphatic heterocycles. The van der Waals surface area contributed by atoms with Gasteiger partial charge in [-0.2, -0.15) is 0 Å². The molecule has 0 bridgehead atoms. The largest absolute Gasteiger partial charge is 0.490 e. The molecule has 0 aliphatic carbocycles. The van der Waals surface area contributed by atoms with Gasteiger partial charge >= 0.3 is 0 Å². The van der Waals surface area contributed by atoms with Gasteiger partial charge in [-0.1, -0.05) is 23.2 Å². The zero-order chi connectivity index (χ0) is 13.9. The molecule has 0 unspecified atom stereocenters. The van der Waals surface area contributed by atoms with Crippen molar-refractivity contribution in [1.29, 1.82) is 0 Å². The number of nitro benzene ring substituents is 1. The van der Waals surface area contributed by atoms with Gasteiger partial charge in [0.2, 0.25) is 0 Å². The topological polar surface area (TPSA) is 72.6 Å². The van der Waals surface area contributed by atoms with E-state index in [1.165, 1.54) is 12.1 Å². The molecule has 1 N–H and O–H groups in total. The van der Waals surface area contributed by atoms with E-state index in [2.05, 4.69) is 0 Å². The lowest BCUT2D eigenvalue weighted by atomic mass is 10.1. The molecule has 0 spiro atoms. The average molecular weight is 294 g/mol. The van der Waals surface area contributed by atoms with Gasteiger partial charge in [0.1, 0.15) is 0 Å². The van der Waals surface area contributed by atoms with Gasteiger partial charge in [-0.25, -0.2) is 0 Å². The lowest BCUT2D eigenvalue weighted by molar-refractivity contribution is -0.384. The van der Waals surface area contributed by atoms with Crippen molar-refractivity contribution in [3.8, 4) is 5.75 Å². The van der Waals surface area contributed by atoms with Gasteiger partial charge in [0.05, 0.1) is 27.2 Å². The lowest BCUT2D eigenvalue weighted by Gasteiger charge is -2.17. The van der Waals surface area contributed by atoms with Gasteiger partial charge in [-0.15, -0.1) is 0 Å². The van der Waals surface area contributed by atoms with Crippen LogP contribution < -0.4 is 4.74 Å². The maximum atomic E-state index is 10.6. The second-order valence-electron chi connectivity index (χ2n) is 4.41. The molecular weight excluding hydrogens is 281 g/mol. The number of benzene rings is 1. The van der Waals surface area contributed by atoms with Gasteiger partial charge in [0.25, 0.3) is 5.69 Å². The Bertz CT molecular complexity index is 434. The Morgan fingerprint density at radius 2 is 1.89 bits per heavy atom. The van der Waals surface area contributed by atoms with Crippen molar-refractivity contribution >= 4 is 28.9 Å². The average Bonchev–Trinajstić information content (AvgIpc) is 2.20. The van der Waals surface area contributed by atoms with E-state index in [1.54, 1.807) is 13.8 Å². The summed E-state index contributed by atoms with van der Waals surface area (Å²) in [5, 5.41) is 20.2. The molecule has 0 radical (unpaired) electrons. The minimum absolute atomic E-state index is 0.0740. The smallest absolute Gasteiger partial charge is 0.272 e. The van der Waals surface area contributed by atoms with Gasteiger partial charge in [-0.3, -0.25) is 10.1 Å². The predicted octanol–water partition coefficient (Wildman–Crippen LogP) is 3.44. The summed E-state index contributed by atoms with van der Waals surface area (Å²) in [7, 11) is 0. The molecule has 100 valence electrons. The molecule has 0 heterocycles. The zero-order valence-electron chi connectivity index (χ0n) is 9.94. The van der Waals surface area contributed by atoms with Crippen LogP contribution in [-0.2, 0) is 0 Å². The monoisotopic (exact) mass is 293 g/mol. The van der Waals surface area contributed by atoms with Crippen LogP contribution in [0.5, 0.6) is 5.75 Å². The Morgan fingerprint density at radius 3 is 2.28 bits per heavy atom. The molecular formula is C11H13Cl2NO4. The van der Waals surface area contributed by atoms with Crippen LogP contribution in [0.1, 0.15) is 20.3 Å². The third-order valence-corrected chi connectivity index (χ3v) is 2.72. The van der Waals surface area contributed by atoms with Gasteiger partial charge in [-0.05, 0) is 13.8 Å². The molecule has 0 fully saturated rings. The molecule has 1 rings (SSSR count). The molecule has 18 heavy (non-hydrogen) atoms. The van der Waals surface area contributed by atoms with Crippen molar-refractivity contribution < 1.29 is 14.8 Å². The summed E-state index contributed by atoms with van der Waals surface area (Å²) in [5.74, 6) is 0.188. The third-order valence-electron chi connectivity index (χ3n) is 2.15. The highest BCUT2D eigenvalue weighted by Crippen LogP contribution is 2.36. The normalized spacial score (nSPS) is 11.4. The molecule has 0 aliphatic rings. The fourth-order valence-electron chi connectivity index (χ4n) is 1.19. The summed E-state index contributed by atoms with van der Waals surface area (Å²) in [6, 6.07) is 2.35. The number of nitro groups is 1. The second kappa shape index (κ2) is 5.73. The Hall–Kier alpha value is -1.04. The van der Waals surface area contributed by atoms with Crippen molar-refractivity contribution in [2.45, 2.75) is 25.9 Å². The Balaban J connectivity index is 2.81. The first-order chi connectivity index (χ1) is 8.20. The first kappa shape index (κ1) is 15.0. The van der Waals surface area contributed by atoms with Crippen molar-refractivity contribution in [3.63, 3.8) is 0 Å². The number of aliphatic hydroxyl groups is 1. The molecule has 0 saturated carbocycles. The maximum Gasteiger partial charge on any atom is 0.272 e. The Morgan fingerprint density at radius 1 is 1.39 bits per heavy atom. The lowest BCUT2D eigenvalue weighted by Crippen LogP contribution is -2.21. The molecule has 1 aromatic rings. The van der Waals surface area contributed by atoms with E-state index in [0.717, 1.165) is 0 Å². The number of non-ortho nitro benzene ring substituents is 1. The van der Waals surface area contributed by atoms with Crippen LogP contribution >= 0.6 is 23.2 Å². The molecule has 0 amide bonds. The SMILES string of the molecule is CC(C)(O)CCOc1c(Cl)cc([N+](=O)[O-])cc1Cl. The Kier molecular flexibility index (Phi) is 4.78. The summed E-state index contributed by atoms with van der Waals surface area (Å²) in [6.07, 6.45) is 0.386. The second-order valence-corrected chi connectivity index (χ2v) is 5.22. The van der Waals surface area contributed by atoms with Crippen LogP contribution in [0.2, 0.25) is 10.0 Å². The number of nitrogens with zero attached hydrogens (tertiary/aromatic N) is 1. The van der Waals surface area contributed by atoms with Crippen molar-refractivity contribution in [2.24, 2.45) is 0 Å². The molecule has 0 saturated heterocycles. The fourth-order valence-corrected chi connectivity index (χ4v) is 1.78. The first-order valence-corrected chi connectivity index (χ1v) is 5.95. The highest BCUT2D eigenvalue weighted by molar-refractivity contribution is 6.37. The van der Waals surface area contributed by atoms with Crippen LogP contribution in [0.25, 0.3) is 0 Å². The molecule has 1 aromatic carbocycles. The van der Waals surface area contributed by atoms with Crippen LogP contribution in [0.4, 0.5) is 5.69 Å². The third kappa shape index (κ3) is 4.33. The van der Waals surface area contributed by atoms with E-state index in [-0.39, 0.29) is 28.1 Å². The standard InChI is InChI=1S/C11H13Cl2NO4/c1-11(2,15)3-4-18-10-8(12)5-7(14(16)17)6-9(10)13/h5-6,15H,3-4H2,1-2H3. The van der Waals surface area contributed by atoms with E-state index in [1.807, 2.05) is 0 Å². The number of halogens is 2. The minimum atomic E-state index is -0.861. The molecule has 5 nitrogen and oxygen atoms in total. The summed E-state index contributed by atoms with van der Waals surface area (Å²) >= 11 is 11.7. The zero-order valence-corrected chi connectivity index (χ0v) is 11.5. The van der Waals surface area contributed by atoms with E-state index in [0.29, 0.717) is 6.42 Å². The predicted molar refractivity (Wildman–Crippen MR) is 69.5 cm³/mol. The number of hydrogen-bond acceptors (Lipinski definition) is 4. The van der Waals surface area contributed by atoms with Crippen LogP contribution in [0, 0.1) is 10.1 Å². The summed E-state index contributed by atoms with van der Waals surface area (Å²) in [4.78, 5) is 9.99. The van der Waals surface area contributed by atoms with Gasteiger partial charge < -0.3 is 9.84 Å². The quantitative estimate of drug-likeness (QED) is 0.667. The van der Waals surface area contributed by atoms with Crippen LogP contribution in [0.15, 0.2) is 12.1 Å². The van der Waals surface area contributed by atoms with E-state index >= 15 is 0 Å². The van der Waals surface area contributed by atoms with Gasteiger partial charge in [0, 0.05) is 18.6 Å². The van der Waals surface area contributed by atoms with Crippen LogP contribution in [0.3, 0.4) is 0 Å². The summed E-state index contributed by atoms with van der Waals surface area (Å²) < 4.78 is 5.33. The summed E-state index contributed by atoms with van der Waals surface area (Å²) in [5.41, 5.74) is -1.06. The maximum absolute atomic E-state index is 10.6.